The summed E-state index contributed by atoms with van der Waals surface area (Å²) in [5.74, 6) is 0.701. The first-order valence-electron chi connectivity index (χ1n) is 8.71. The lowest BCUT2D eigenvalue weighted by Crippen LogP contribution is -2.49. The Balaban J connectivity index is 1.86. The number of rotatable bonds is 4. The van der Waals surface area contributed by atoms with Crippen LogP contribution in [0, 0.1) is 11.3 Å². The summed E-state index contributed by atoms with van der Waals surface area (Å²) in [6.07, 6.45) is 1.28. The Morgan fingerprint density at radius 2 is 1.92 bits per heavy atom. The number of hydrogen-bond acceptors (Lipinski definition) is 6. The molecule has 0 aliphatic carbocycles. The lowest BCUT2D eigenvalue weighted by Gasteiger charge is -2.43. The third-order valence-electron chi connectivity index (χ3n) is 5.00. The molecule has 6 nitrogen and oxygen atoms in total. The van der Waals surface area contributed by atoms with E-state index < -0.39 is 5.92 Å². The Hall–Kier alpha value is -2.08. The van der Waals surface area contributed by atoms with Crippen LogP contribution < -0.4 is 9.47 Å². The van der Waals surface area contributed by atoms with E-state index in [2.05, 4.69) is 4.90 Å². The lowest BCUT2D eigenvalue weighted by molar-refractivity contribution is -0.151. The van der Waals surface area contributed by atoms with Crippen molar-refractivity contribution in [3.63, 3.8) is 0 Å². The maximum atomic E-state index is 12.3. The van der Waals surface area contributed by atoms with Gasteiger partial charge in [0.05, 0.1) is 20.3 Å². The number of esters is 1. The Labute approximate surface area is 148 Å². The van der Waals surface area contributed by atoms with Crippen molar-refractivity contribution in [1.29, 1.82) is 5.41 Å². The maximum absolute atomic E-state index is 12.3. The number of piperidine rings is 1. The summed E-state index contributed by atoms with van der Waals surface area (Å²) in [6.45, 7) is 5.09. The average Bonchev–Trinajstić information content (AvgIpc) is 2.59. The van der Waals surface area contributed by atoms with Gasteiger partial charge >= 0.3 is 5.97 Å². The van der Waals surface area contributed by atoms with E-state index in [1.807, 2.05) is 26.0 Å². The molecule has 1 fully saturated rings. The quantitative estimate of drug-likeness (QED) is 0.849. The molecular formula is C19H26N2O4. The van der Waals surface area contributed by atoms with Crippen molar-refractivity contribution in [3.8, 4) is 11.5 Å². The van der Waals surface area contributed by atoms with Gasteiger partial charge in [-0.25, -0.2) is 0 Å². The van der Waals surface area contributed by atoms with Crippen molar-refractivity contribution in [1.82, 2.24) is 4.90 Å². The van der Waals surface area contributed by atoms with E-state index in [4.69, 9.17) is 19.6 Å². The molecule has 3 rings (SSSR count). The molecule has 25 heavy (non-hydrogen) atoms. The van der Waals surface area contributed by atoms with Crippen LogP contribution in [0.4, 0.5) is 0 Å². The molecule has 2 heterocycles. The van der Waals surface area contributed by atoms with Crippen molar-refractivity contribution in [2.24, 2.45) is 5.92 Å². The molecule has 2 unspecified atom stereocenters. The maximum Gasteiger partial charge on any atom is 0.316 e. The van der Waals surface area contributed by atoms with Gasteiger partial charge in [-0.15, -0.1) is 0 Å². The second-order valence-corrected chi connectivity index (χ2v) is 6.93. The zero-order valence-corrected chi connectivity index (χ0v) is 15.3. The molecule has 2 atom stereocenters. The molecule has 0 spiro atoms. The molecule has 2 aliphatic rings. The smallest absolute Gasteiger partial charge is 0.316 e. The number of carbonyl (C=O) groups is 1. The van der Waals surface area contributed by atoms with Gasteiger partial charge in [0.25, 0.3) is 0 Å². The van der Waals surface area contributed by atoms with Crippen molar-refractivity contribution < 1.29 is 19.0 Å². The molecule has 0 aromatic heterocycles. The van der Waals surface area contributed by atoms with Gasteiger partial charge in [0, 0.05) is 31.3 Å². The first-order valence-corrected chi connectivity index (χ1v) is 8.71. The summed E-state index contributed by atoms with van der Waals surface area (Å²) >= 11 is 0. The second kappa shape index (κ2) is 7.04. The van der Waals surface area contributed by atoms with Crippen LogP contribution in [0.1, 0.15) is 37.4 Å². The number of benzene rings is 1. The van der Waals surface area contributed by atoms with Crippen molar-refractivity contribution in [3.05, 3.63) is 23.3 Å². The molecule has 0 saturated carbocycles. The monoisotopic (exact) mass is 346 g/mol. The van der Waals surface area contributed by atoms with Crippen LogP contribution in [-0.4, -0.2) is 50.0 Å². The number of ether oxygens (including phenoxy) is 3. The average molecular weight is 346 g/mol. The van der Waals surface area contributed by atoms with E-state index in [9.17, 15) is 4.79 Å². The predicted molar refractivity (Wildman–Crippen MR) is 94.6 cm³/mol. The topological polar surface area (TPSA) is 71.8 Å². The Bertz CT molecular complexity index is 686. The number of methoxy groups -OCH3 is 2. The standard InChI is InChI=1S/C19H26N2O4/c1-11(2)25-19(22)14-10-21-6-5-12-7-17(23-3)18(24-4)8-13(12)16(21)9-15(14)20/h7-8,11,14,16,20H,5-6,9-10H2,1-4H3. The zero-order chi connectivity index (χ0) is 18.1. The summed E-state index contributed by atoms with van der Waals surface area (Å²) in [6, 6.07) is 4.17. The largest absolute Gasteiger partial charge is 0.493 e. The third-order valence-corrected chi connectivity index (χ3v) is 5.00. The highest BCUT2D eigenvalue weighted by molar-refractivity contribution is 6.01. The van der Waals surface area contributed by atoms with Gasteiger partial charge in [-0.1, -0.05) is 0 Å². The van der Waals surface area contributed by atoms with Crippen molar-refractivity contribution in [2.75, 3.05) is 27.3 Å². The first-order chi connectivity index (χ1) is 11.9. The molecule has 0 radical (unpaired) electrons. The highest BCUT2D eigenvalue weighted by atomic mass is 16.5. The van der Waals surface area contributed by atoms with E-state index in [1.54, 1.807) is 14.2 Å². The molecule has 1 aromatic rings. The number of nitrogens with zero attached hydrogens (tertiary/aromatic N) is 1. The minimum Gasteiger partial charge on any atom is -0.493 e. The summed E-state index contributed by atoms with van der Waals surface area (Å²) in [4.78, 5) is 14.6. The van der Waals surface area contributed by atoms with Gasteiger partial charge in [-0.2, -0.15) is 0 Å². The minimum atomic E-state index is -0.458. The fourth-order valence-electron chi connectivity index (χ4n) is 3.76. The van der Waals surface area contributed by atoms with Crippen molar-refractivity contribution in [2.45, 2.75) is 38.8 Å². The van der Waals surface area contributed by atoms with E-state index in [-0.39, 0.29) is 18.1 Å². The van der Waals surface area contributed by atoms with Crippen LogP contribution in [-0.2, 0) is 16.0 Å². The fourth-order valence-corrected chi connectivity index (χ4v) is 3.76. The van der Waals surface area contributed by atoms with Crippen LogP contribution >= 0.6 is 0 Å². The van der Waals surface area contributed by atoms with Gasteiger partial charge < -0.3 is 19.6 Å². The first kappa shape index (κ1) is 17.7. The lowest BCUT2D eigenvalue weighted by atomic mass is 9.82. The van der Waals surface area contributed by atoms with E-state index >= 15 is 0 Å². The van der Waals surface area contributed by atoms with E-state index in [0.717, 1.165) is 18.7 Å². The predicted octanol–water partition coefficient (Wildman–Crippen LogP) is 2.59. The van der Waals surface area contributed by atoms with Crippen LogP contribution in [0.2, 0.25) is 0 Å². The summed E-state index contributed by atoms with van der Waals surface area (Å²) in [7, 11) is 3.27. The number of nitrogens with one attached hydrogen (secondary N) is 1. The number of hydrogen-bond donors (Lipinski definition) is 1. The molecule has 0 bridgehead atoms. The Kier molecular flexibility index (Phi) is 4.99. The minimum absolute atomic E-state index is 0.110. The molecule has 1 N–H and O–H groups in total. The fraction of sp³-hybridized carbons (Fsp3) is 0.579. The second-order valence-electron chi connectivity index (χ2n) is 6.93. The van der Waals surface area contributed by atoms with Gasteiger partial charge in [0.15, 0.2) is 11.5 Å². The van der Waals surface area contributed by atoms with Crippen LogP contribution in [0.3, 0.4) is 0 Å². The zero-order valence-electron chi connectivity index (χ0n) is 15.3. The SMILES string of the molecule is COc1cc2c(cc1OC)C1CC(=N)C(C(=O)OC(C)C)CN1CC2. The van der Waals surface area contributed by atoms with Crippen LogP contribution in [0.25, 0.3) is 0 Å². The summed E-state index contributed by atoms with van der Waals surface area (Å²) in [5.41, 5.74) is 2.86. The van der Waals surface area contributed by atoms with Gasteiger partial charge in [0.1, 0.15) is 5.92 Å². The third kappa shape index (κ3) is 3.35. The molecule has 2 aliphatic heterocycles. The summed E-state index contributed by atoms with van der Waals surface area (Å²) < 4.78 is 16.2. The number of carbonyl (C=O) groups excluding carboxylic acids is 1. The van der Waals surface area contributed by atoms with Gasteiger partial charge in [-0.05, 0) is 43.5 Å². The van der Waals surface area contributed by atoms with Gasteiger partial charge in [0.2, 0.25) is 0 Å². The molecule has 6 heteroatoms. The highest BCUT2D eigenvalue weighted by Gasteiger charge is 2.40. The van der Waals surface area contributed by atoms with Crippen LogP contribution in [0.15, 0.2) is 12.1 Å². The highest BCUT2D eigenvalue weighted by Crippen LogP contribution is 2.42. The van der Waals surface area contributed by atoms with Crippen LogP contribution in [0.5, 0.6) is 11.5 Å². The normalized spacial score (nSPS) is 23.0. The molecule has 1 aromatic carbocycles. The number of fused-ring (bicyclic) bond motifs is 3. The Morgan fingerprint density at radius 1 is 1.24 bits per heavy atom. The molecule has 0 amide bonds. The Morgan fingerprint density at radius 3 is 2.56 bits per heavy atom. The summed E-state index contributed by atoms with van der Waals surface area (Å²) in [5, 5.41) is 8.38. The molecule has 1 saturated heterocycles. The van der Waals surface area contributed by atoms with E-state index in [0.29, 0.717) is 24.4 Å². The molecular weight excluding hydrogens is 320 g/mol. The van der Waals surface area contributed by atoms with Crippen molar-refractivity contribution >= 4 is 11.7 Å². The van der Waals surface area contributed by atoms with E-state index in [1.165, 1.54) is 11.1 Å². The molecule has 136 valence electrons. The van der Waals surface area contributed by atoms with Gasteiger partial charge in [-0.3, -0.25) is 9.69 Å².